The molecule has 0 saturated heterocycles. The second-order valence-electron chi connectivity index (χ2n) is 9.26. The molecule has 10 heteroatoms. The van der Waals surface area contributed by atoms with Crippen molar-refractivity contribution in [3.05, 3.63) is 90.0 Å². The SMILES string of the molecule is CCC(SC1=Nc2ccccc2C2=NC(CC(=O)NCc3ccccc3)C(=O)N12)C(=O)Nc1cccc(OC)c1. The molecule has 0 aromatic heterocycles. The number of amides is 3. The lowest BCUT2D eigenvalue weighted by Gasteiger charge is -2.27. The number of carbonyl (C=O) groups excluding carboxylic acids is 3. The third kappa shape index (κ3) is 5.91. The van der Waals surface area contributed by atoms with Gasteiger partial charge in [-0.05, 0) is 36.2 Å². The Morgan fingerprint density at radius 1 is 1.05 bits per heavy atom. The van der Waals surface area contributed by atoms with Crippen LogP contribution in [-0.2, 0) is 20.9 Å². The fraction of sp³-hybridized carbons (Fsp3) is 0.233. The van der Waals surface area contributed by atoms with E-state index >= 15 is 0 Å². The van der Waals surface area contributed by atoms with Crippen molar-refractivity contribution in [3.8, 4) is 5.75 Å². The van der Waals surface area contributed by atoms with Crippen LogP contribution in [-0.4, -0.2) is 52.0 Å². The van der Waals surface area contributed by atoms with Gasteiger partial charge in [-0.1, -0.05) is 67.2 Å². The zero-order valence-electron chi connectivity index (χ0n) is 22.2. The molecule has 3 aromatic carbocycles. The Hall–Kier alpha value is -4.44. The van der Waals surface area contributed by atoms with Crippen LogP contribution in [0.25, 0.3) is 0 Å². The number of aliphatic imine (C=N–C) groups is 2. The summed E-state index contributed by atoms with van der Waals surface area (Å²) in [6.07, 6.45) is 0.417. The largest absolute Gasteiger partial charge is 0.497 e. The number of carbonyl (C=O) groups is 3. The second kappa shape index (κ2) is 12.2. The summed E-state index contributed by atoms with van der Waals surface area (Å²) in [5, 5.41) is 5.63. The number of ether oxygens (including phenoxy) is 1. The molecule has 3 aromatic rings. The van der Waals surface area contributed by atoms with Crippen LogP contribution in [0.1, 0.15) is 30.9 Å². The predicted molar refractivity (Wildman–Crippen MR) is 157 cm³/mol. The van der Waals surface area contributed by atoms with Crippen LogP contribution in [0.4, 0.5) is 11.4 Å². The van der Waals surface area contributed by atoms with Crippen molar-refractivity contribution in [3.63, 3.8) is 0 Å². The van der Waals surface area contributed by atoms with E-state index in [1.165, 1.54) is 16.7 Å². The van der Waals surface area contributed by atoms with Crippen molar-refractivity contribution in [2.45, 2.75) is 37.6 Å². The van der Waals surface area contributed by atoms with Crippen LogP contribution < -0.4 is 15.4 Å². The molecule has 2 atom stereocenters. The van der Waals surface area contributed by atoms with E-state index in [0.717, 1.165) is 5.56 Å². The van der Waals surface area contributed by atoms with Gasteiger partial charge in [0.1, 0.15) is 17.6 Å². The van der Waals surface area contributed by atoms with Gasteiger partial charge in [-0.2, -0.15) is 0 Å². The molecule has 2 N–H and O–H groups in total. The van der Waals surface area contributed by atoms with Crippen LogP contribution in [0.3, 0.4) is 0 Å². The molecular formula is C30H29N5O4S. The average molecular weight is 556 g/mol. The average Bonchev–Trinajstić information content (AvgIpc) is 3.31. The van der Waals surface area contributed by atoms with Crippen LogP contribution >= 0.6 is 11.8 Å². The Kier molecular flexibility index (Phi) is 8.26. The smallest absolute Gasteiger partial charge is 0.259 e. The first-order valence-electron chi connectivity index (χ1n) is 13.0. The summed E-state index contributed by atoms with van der Waals surface area (Å²) in [5.41, 5.74) is 2.95. The monoisotopic (exact) mass is 555 g/mol. The van der Waals surface area contributed by atoms with Crippen molar-refractivity contribution in [2.75, 3.05) is 12.4 Å². The van der Waals surface area contributed by atoms with Crippen molar-refractivity contribution in [1.82, 2.24) is 10.2 Å². The van der Waals surface area contributed by atoms with Gasteiger partial charge in [0.25, 0.3) is 5.91 Å². The molecular weight excluding hydrogens is 526 g/mol. The van der Waals surface area contributed by atoms with Crippen molar-refractivity contribution < 1.29 is 19.1 Å². The Balaban J connectivity index is 1.33. The highest BCUT2D eigenvalue weighted by molar-refractivity contribution is 8.15. The molecule has 2 heterocycles. The van der Waals surface area contributed by atoms with E-state index in [1.54, 1.807) is 31.4 Å². The third-order valence-electron chi connectivity index (χ3n) is 6.51. The van der Waals surface area contributed by atoms with Gasteiger partial charge < -0.3 is 15.4 Å². The van der Waals surface area contributed by atoms with E-state index in [4.69, 9.17) is 9.73 Å². The van der Waals surface area contributed by atoms with Crippen LogP contribution in [0.15, 0.2) is 88.8 Å². The lowest BCUT2D eigenvalue weighted by Crippen LogP contribution is -2.43. The number of amidine groups is 2. The number of hydrogen-bond acceptors (Lipinski definition) is 7. The Morgan fingerprint density at radius 2 is 1.82 bits per heavy atom. The summed E-state index contributed by atoms with van der Waals surface area (Å²) in [5.74, 6) is 0.254. The van der Waals surface area contributed by atoms with E-state index in [1.807, 2.05) is 61.5 Å². The van der Waals surface area contributed by atoms with Crippen LogP contribution in [0, 0.1) is 0 Å². The van der Waals surface area contributed by atoms with Gasteiger partial charge in [-0.15, -0.1) is 0 Å². The fourth-order valence-electron chi connectivity index (χ4n) is 4.43. The summed E-state index contributed by atoms with van der Waals surface area (Å²) in [6, 6.07) is 23.2. The molecule has 0 bridgehead atoms. The first-order chi connectivity index (χ1) is 19.5. The summed E-state index contributed by atoms with van der Waals surface area (Å²) in [7, 11) is 1.57. The lowest BCUT2D eigenvalue weighted by atomic mass is 10.1. The maximum Gasteiger partial charge on any atom is 0.259 e. The normalized spacial score (nSPS) is 16.3. The molecule has 0 aliphatic carbocycles. The molecule has 3 amide bonds. The van der Waals surface area contributed by atoms with Gasteiger partial charge >= 0.3 is 0 Å². The summed E-state index contributed by atoms with van der Waals surface area (Å²) in [6.45, 7) is 2.27. The first-order valence-corrected chi connectivity index (χ1v) is 13.9. The number of anilines is 1. The Labute approximate surface area is 236 Å². The number of rotatable bonds is 9. The molecule has 2 unspecified atom stereocenters. The van der Waals surface area contributed by atoms with Gasteiger partial charge in [0, 0.05) is 23.9 Å². The topological polar surface area (TPSA) is 112 Å². The maximum absolute atomic E-state index is 13.6. The van der Waals surface area contributed by atoms with Gasteiger partial charge in [0.2, 0.25) is 11.8 Å². The van der Waals surface area contributed by atoms with Gasteiger partial charge in [0.15, 0.2) is 5.17 Å². The summed E-state index contributed by atoms with van der Waals surface area (Å²) in [4.78, 5) is 50.4. The number of fused-ring (bicyclic) bond motifs is 3. The fourth-order valence-corrected chi connectivity index (χ4v) is 5.45. The minimum absolute atomic E-state index is 0.0840. The van der Waals surface area contributed by atoms with Gasteiger partial charge in [-0.3, -0.25) is 19.4 Å². The number of methoxy groups -OCH3 is 1. The molecule has 9 nitrogen and oxygen atoms in total. The van der Waals surface area contributed by atoms with E-state index in [0.29, 0.717) is 46.7 Å². The molecule has 0 spiro atoms. The van der Waals surface area contributed by atoms with E-state index in [9.17, 15) is 14.4 Å². The highest BCUT2D eigenvalue weighted by Crippen LogP contribution is 2.36. The summed E-state index contributed by atoms with van der Waals surface area (Å²) >= 11 is 1.21. The molecule has 204 valence electrons. The van der Waals surface area contributed by atoms with Crippen molar-refractivity contribution >= 4 is 51.9 Å². The number of nitrogens with one attached hydrogen (secondary N) is 2. The Bertz CT molecular complexity index is 1490. The Morgan fingerprint density at radius 3 is 2.60 bits per heavy atom. The van der Waals surface area contributed by atoms with Gasteiger partial charge in [0.05, 0.1) is 24.5 Å². The molecule has 2 aliphatic heterocycles. The van der Waals surface area contributed by atoms with E-state index in [2.05, 4.69) is 15.6 Å². The number of para-hydroxylation sites is 1. The molecule has 0 radical (unpaired) electrons. The van der Waals surface area contributed by atoms with Crippen molar-refractivity contribution in [1.29, 1.82) is 0 Å². The van der Waals surface area contributed by atoms with Crippen LogP contribution in [0.5, 0.6) is 5.75 Å². The highest BCUT2D eigenvalue weighted by Gasteiger charge is 2.43. The number of benzene rings is 3. The number of thioether (sulfide) groups is 1. The molecule has 0 fully saturated rings. The predicted octanol–water partition coefficient (Wildman–Crippen LogP) is 4.51. The number of hydrogen-bond donors (Lipinski definition) is 2. The van der Waals surface area contributed by atoms with Crippen LogP contribution in [0.2, 0.25) is 0 Å². The molecule has 5 rings (SSSR count). The zero-order valence-corrected chi connectivity index (χ0v) is 23.0. The molecule has 0 saturated carbocycles. The minimum Gasteiger partial charge on any atom is -0.497 e. The summed E-state index contributed by atoms with van der Waals surface area (Å²) < 4.78 is 5.25. The quantitative estimate of drug-likeness (QED) is 0.404. The standard InChI is InChI=1S/C30H29N5O4S/c1-3-25(28(37)32-20-12-9-13-21(16-20)39-2)40-30-34-23-15-8-7-14-22(23)27-33-24(29(38)35(27)30)17-26(36)31-18-19-10-5-4-6-11-19/h4-16,24-25H,3,17-18H2,1-2H3,(H,31,36)(H,32,37). The van der Waals surface area contributed by atoms with Gasteiger partial charge in [-0.25, -0.2) is 9.89 Å². The first kappa shape index (κ1) is 27.1. The second-order valence-corrected chi connectivity index (χ2v) is 10.4. The van der Waals surface area contributed by atoms with Crippen molar-refractivity contribution in [2.24, 2.45) is 9.98 Å². The lowest BCUT2D eigenvalue weighted by molar-refractivity contribution is -0.128. The maximum atomic E-state index is 13.6. The van der Waals surface area contributed by atoms with E-state index in [-0.39, 0.29) is 24.1 Å². The van der Waals surface area contributed by atoms with E-state index < -0.39 is 11.3 Å². The highest BCUT2D eigenvalue weighted by atomic mass is 32.2. The minimum atomic E-state index is -0.881. The molecule has 40 heavy (non-hydrogen) atoms. The zero-order chi connectivity index (χ0) is 28.1. The third-order valence-corrected chi connectivity index (χ3v) is 7.82. The number of nitrogens with zero attached hydrogens (tertiary/aromatic N) is 3. The molecule has 2 aliphatic rings.